The molecule has 5 unspecified atom stereocenters. The van der Waals surface area contributed by atoms with Gasteiger partial charge in [-0.1, -0.05) is 13.5 Å². The van der Waals surface area contributed by atoms with Gasteiger partial charge in [-0.25, -0.2) is 9.59 Å². The van der Waals surface area contributed by atoms with Gasteiger partial charge in [-0.2, -0.15) is 4.21 Å². The number of rotatable bonds is 6. The largest absolute Gasteiger partial charge is 0.457 e. The smallest absolute Gasteiger partial charge is 0.344 e. The van der Waals surface area contributed by atoms with Crippen LogP contribution in [0.2, 0.25) is 0 Å². The van der Waals surface area contributed by atoms with Crippen molar-refractivity contribution in [3.63, 3.8) is 0 Å². The molecule has 0 spiro atoms. The molecular weight excluding hydrogens is 312 g/mol. The molecule has 2 bridgehead atoms. The maximum atomic E-state index is 11.8. The molecule has 1 N–H and O–H groups in total. The number of hydrogen-bond donors (Lipinski definition) is 1. The molecule has 0 saturated heterocycles. The summed E-state index contributed by atoms with van der Waals surface area (Å²) in [4.78, 5) is 23.1. The van der Waals surface area contributed by atoms with Crippen molar-refractivity contribution in [2.24, 2.45) is 11.3 Å². The highest BCUT2D eigenvalue weighted by Crippen LogP contribution is 2.56. The van der Waals surface area contributed by atoms with Gasteiger partial charge in [0.25, 0.3) is 0 Å². The van der Waals surface area contributed by atoms with Crippen LogP contribution in [0.4, 0.5) is 0 Å². The molecule has 5 atom stereocenters. The Kier molecular flexibility index (Phi) is 5.03. The highest BCUT2D eigenvalue weighted by Gasteiger charge is 2.58. The second kappa shape index (κ2) is 6.47. The zero-order valence-electron chi connectivity index (χ0n) is 12.6. The Balaban J connectivity index is 1.95. The third kappa shape index (κ3) is 3.56. The van der Waals surface area contributed by atoms with E-state index in [-0.39, 0.29) is 16.9 Å². The van der Waals surface area contributed by atoms with Crippen molar-refractivity contribution in [3.05, 3.63) is 12.2 Å². The Hall–Kier alpha value is -1.25. The Morgan fingerprint density at radius 2 is 2.14 bits per heavy atom. The Labute approximate surface area is 131 Å². The quantitative estimate of drug-likeness (QED) is 0.445. The van der Waals surface area contributed by atoms with Crippen molar-refractivity contribution < 1.29 is 32.0 Å². The molecule has 7 nitrogen and oxygen atoms in total. The number of ether oxygens (including phenoxy) is 2. The first-order valence-corrected chi connectivity index (χ1v) is 8.06. The molecule has 0 aromatic carbocycles. The second-order valence-electron chi connectivity index (χ2n) is 6.20. The van der Waals surface area contributed by atoms with Crippen LogP contribution in [0.5, 0.6) is 0 Å². The summed E-state index contributed by atoms with van der Waals surface area (Å²) in [5, 5.41) is 0. The second-order valence-corrected chi connectivity index (χ2v) is 6.83. The van der Waals surface area contributed by atoms with Crippen LogP contribution in [0.3, 0.4) is 0 Å². The monoisotopic (exact) mass is 332 g/mol. The predicted molar refractivity (Wildman–Crippen MR) is 76.7 cm³/mol. The topological polar surface area (TPSA) is 99.1 Å². The van der Waals surface area contributed by atoms with Crippen LogP contribution < -0.4 is 0 Å². The highest BCUT2D eigenvalue weighted by atomic mass is 32.2. The molecule has 2 rings (SSSR count). The van der Waals surface area contributed by atoms with E-state index < -0.39 is 42.1 Å². The number of carbonyl (C=O) groups excluding carboxylic acids is 2. The molecule has 0 aromatic rings. The number of hydrogen-bond acceptors (Lipinski definition) is 6. The first-order chi connectivity index (χ1) is 10.2. The van der Waals surface area contributed by atoms with E-state index in [1.165, 1.54) is 6.92 Å². The maximum Gasteiger partial charge on any atom is 0.344 e. The average molecular weight is 332 g/mol. The Bertz CT molecular complexity index is 517. The summed E-state index contributed by atoms with van der Waals surface area (Å²) in [7, 11) is 0. The van der Waals surface area contributed by atoms with Crippen molar-refractivity contribution in [2.45, 2.75) is 45.3 Å². The van der Waals surface area contributed by atoms with Crippen molar-refractivity contribution in [3.8, 4) is 0 Å². The third-order valence-electron chi connectivity index (χ3n) is 4.39. The van der Waals surface area contributed by atoms with E-state index in [0.29, 0.717) is 0 Å². The molecule has 2 fully saturated rings. The first-order valence-electron chi connectivity index (χ1n) is 7.03. The number of carbonyl (C=O) groups is 2. The number of esters is 2. The summed E-state index contributed by atoms with van der Waals surface area (Å²) in [6.45, 7) is 6.33. The van der Waals surface area contributed by atoms with Gasteiger partial charge in [0.1, 0.15) is 12.2 Å². The summed E-state index contributed by atoms with van der Waals surface area (Å²) < 4.78 is 35.1. The lowest BCUT2D eigenvalue weighted by molar-refractivity contribution is -0.167. The lowest BCUT2D eigenvalue weighted by atomic mass is 9.83. The molecule has 8 heteroatoms. The van der Waals surface area contributed by atoms with Gasteiger partial charge in [0.15, 0.2) is 6.61 Å². The molecule has 2 saturated carbocycles. The molecule has 2 aliphatic carbocycles. The van der Waals surface area contributed by atoms with Crippen molar-refractivity contribution in [2.75, 3.05) is 6.61 Å². The fraction of sp³-hybridized carbons (Fsp3) is 0.714. The van der Waals surface area contributed by atoms with Gasteiger partial charge in [-0.3, -0.25) is 8.74 Å². The van der Waals surface area contributed by atoms with Crippen molar-refractivity contribution in [1.82, 2.24) is 0 Å². The minimum absolute atomic E-state index is 0.0966. The van der Waals surface area contributed by atoms with Gasteiger partial charge < -0.3 is 9.47 Å². The molecule has 2 aliphatic rings. The lowest BCUT2D eigenvalue weighted by Crippen LogP contribution is -2.43. The lowest BCUT2D eigenvalue weighted by Gasteiger charge is -2.34. The standard InChI is InChI=1S/C14H20O7S/c1-8(2)13(16)19-7-10(15)20-11-9-4-5-14(3,6-9)12(11)21-22(17)18/h9,11-12H,1,4-7H2,2-3H3,(H,17,18). The molecule has 22 heavy (non-hydrogen) atoms. The van der Waals surface area contributed by atoms with Crippen molar-refractivity contribution >= 4 is 23.3 Å². The van der Waals surface area contributed by atoms with E-state index in [0.717, 1.165) is 19.3 Å². The summed E-state index contributed by atoms with van der Waals surface area (Å²) >= 11 is -2.42. The summed E-state index contributed by atoms with van der Waals surface area (Å²) in [5.74, 6) is -1.27. The fourth-order valence-electron chi connectivity index (χ4n) is 3.35. The Morgan fingerprint density at radius 3 is 2.73 bits per heavy atom. The first kappa shape index (κ1) is 17.1. The Morgan fingerprint density at radius 1 is 1.45 bits per heavy atom. The normalized spacial score (nSPS) is 34.2. The SMILES string of the molecule is C=C(C)C(=O)OCC(=O)OC1C2CCC(C)(C2)C1OS(=O)O. The maximum absolute atomic E-state index is 11.8. The zero-order valence-corrected chi connectivity index (χ0v) is 13.4. The average Bonchev–Trinajstić information content (AvgIpc) is 2.92. The van der Waals surface area contributed by atoms with Crippen LogP contribution >= 0.6 is 0 Å². The number of fused-ring (bicyclic) bond motifs is 2. The summed E-state index contributed by atoms with van der Waals surface area (Å²) in [5.41, 5.74) is -0.0836. The van der Waals surface area contributed by atoms with Gasteiger partial charge in [0, 0.05) is 5.57 Å². The summed E-state index contributed by atoms with van der Waals surface area (Å²) in [6.07, 6.45) is 1.29. The molecule has 0 heterocycles. The molecule has 0 radical (unpaired) electrons. The fourth-order valence-corrected chi connectivity index (χ4v) is 3.87. The van der Waals surface area contributed by atoms with Crippen LogP contribution in [-0.2, 0) is 34.6 Å². The van der Waals surface area contributed by atoms with E-state index in [1.54, 1.807) is 0 Å². The molecular formula is C14H20O7S. The van der Waals surface area contributed by atoms with E-state index in [1.807, 2.05) is 6.92 Å². The van der Waals surface area contributed by atoms with Crippen molar-refractivity contribution in [1.29, 1.82) is 0 Å². The van der Waals surface area contributed by atoms with Crippen LogP contribution in [-0.4, -0.2) is 39.5 Å². The predicted octanol–water partition coefficient (Wildman–Crippen LogP) is 1.36. The van der Waals surface area contributed by atoms with E-state index >= 15 is 0 Å². The summed E-state index contributed by atoms with van der Waals surface area (Å²) in [6, 6.07) is 0. The van der Waals surface area contributed by atoms with Gasteiger partial charge in [0.05, 0.1) is 0 Å². The van der Waals surface area contributed by atoms with Crippen LogP contribution in [0.15, 0.2) is 12.2 Å². The van der Waals surface area contributed by atoms with Crippen LogP contribution in [0, 0.1) is 11.3 Å². The minimum Gasteiger partial charge on any atom is -0.457 e. The highest BCUT2D eigenvalue weighted by molar-refractivity contribution is 7.74. The van der Waals surface area contributed by atoms with Crippen LogP contribution in [0.1, 0.15) is 33.1 Å². The zero-order chi connectivity index (χ0) is 16.5. The third-order valence-corrected chi connectivity index (χ3v) is 4.76. The molecule has 0 aromatic heterocycles. The molecule has 0 amide bonds. The minimum atomic E-state index is -2.42. The van der Waals surface area contributed by atoms with Gasteiger partial charge in [0.2, 0.25) is 0 Å². The molecule has 0 aliphatic heterocycles. The van der Waals surface area contributed by atoms with Gasteiger partial charge in [-0.15, -0.1) is 0 Å². The van der Waals surface area contributed by atoms with E-state index in [9.17, 15) is 13.8 Å². The molecule has 124 valence electrons. The van der Waals surface area contributed by atoms with Gasteiger partial charge >= 0.3 is 23.3 Å². The van der Waals surface area contributed by atoms with E-state index in [2.05, 4.69) is 6.58 Å². The van der Waals surface area contributed by atoms with Crippen LogP contribution in [0.25, 0.3) is 0 Å². The van der Waals surface area contributed by atoms with E-state index in [4.69, 9.17) is 18.2 Å². The van der Waals surface area contributed by atoms with Gasteiger partial charge in [-0.05, 0) is 37.5 Å².